The molecule has 1 unspecified atom stereocenters. The van der Waals surface area contributed by atoms with Crippen LogP contribution in [-0.2, 0) is 19.7 Å². The van der Waals surface area contributed by atoms with Gasteiger partial charge in [-0.25, -0.2) is 17.9 Å². The molecule has 0 amide bonds. The van der Waals surface area contributed by atoms with Crippen LogP contribution in [0.4, 0.5) is 0 Å². The maximum absolute atomic E-state index is 10.7. The minimum Gasteiger partial charge on any atom is -0.478 e. The average Bonchev–Trinajstić information content (AvgIpc) is 2.47. The Labute approximate surface area is 80.8 Å². The van der Waals surface area contributed by atoms with Crippen molar-refractivity contribution in [2.24, 2.45) is 5.16 Å². The van der Waals surface area contributed by atoms with E-state index >= 15 is 0 Å². The molecule has 0 aromatic carbocycles. The van der Waals surface area contributed by atoms with Crippen LogP contribution in [0, 0.1) is 0 Å². The maximum atomic E-state index is 10.7. The molecule has 0 bridgehead atoms. The summed E-state index contributed by atoms with van der Waals surface area (Å²) in [5, 5.41) is 12.0. The number of sulfonamides is 1. The van der Waals surface area contributed by atoms with Gasteiger partial charge in [0.15, 0.2) is 0 Å². The van der Waals surface area contributed by atoms with Crippen molar-refractivity contribution in [2.45, 2.75) is 12.5 Å². The molecular formula is C6H10N2O5S. The minimum absolute atomic E-state index is 0.0113. The van der Waals surface area contributed by atoms with Crippen molar-refractivity contribution in [3.8, 4) is 0 Å². The van der Waals surface area contributed by atoms with E-state index in [1.165, 1.54) is 0 Å². The summed E-state index contributed by atoms with van der Waals surface area (Å²) in [5.74, 6) is -1.11. The fourth-order valence-corrected chi connectivity index (χ4v) is 1.31. The highest BCUT2D eigenvalue weighted by atomic mass is 32.2. The van der Waals surface area contributed by atoms with Gasteiger partial charge in [0.1, 0.15) is 0 Å². The van der Waals surface area contributed by atoms with Crippen molar-refractivity contribution in [2.75, 3.05) is 12.8 Å². The number of hydrogen-bond acceptors (Lipinski definition) is 5. The number of carboxylic acid groups (broad SMARTS) is 1. The molecule has 8 heteroatoms. The highest BCUT2D eigenvalue weighted by Gasteiger charge is 2.27. The number of carbonyl (C=O) groups is 1. The van der Waals surface area contributed by atoms with Crippen LogP contribution < -0.4 is 4.72 Å². The average molecular weight is 222 g/mol. The van der Waals surface area contributed by atoms with Crippen LogP contribution in [-0.4, -0.2) is 44.1 Å². The van der Waals surface area contributed by atoms with Gasteiger partial charge in [-0.05, 0) is 0 Å². The fraction of sp³-hybridized carbons (Fsp3) is 0.667. The van der Waals surface area contributed by atoms with Gasteiger partial charge < -0.3 is 9.94 Å². The molecule has 14 heavy (non-hydrogen) atoms. The smallest absolute Gasteiger partial charge is 0.348 e. The molecule has 0 spiro atoms. The number of nitrogens with one attached hydrogen (secondary N) is 1. The number of carboxylic acids is 1. The molecule has 7 nitrogen and oxygen atoms in total. The van der Waals surface area contributed by atoms with Crippen LogP contribution in [0.2, 0.25) is 0 Å². The second-order valence-electron chi connectivity index (χ2n) is 2.89. The summed E-state index contributed by atoms with van der Waals surface area (Å²) < 4.78 is 23.6. The van der Waals surface area contributed by atoms with Gasteiger partial charge in [0.05, 0.1) is 18.5 Å². The largest absolute Gasteiger partial charge is 0.478 e. The van der Waals surface area contributed by atoms with Crippen molar-refractivity contribution in [3.05, 3.63) is 0 Å². The van der Waals surface area contributed by atoms with E-state index < -0.39 is 22.1 Å². The Bertz CT molecular complexity index is 360. The third-order valence-corrected chi connectivity index (χ3v) is 2.21. The summed E-state index contributed by atoms with van der Waals surface area (Å²) in [6.07, 6.45) is 0.127. The van der Waals surface area contributed by atoms with Crippen molar-refractivity contribution < 1.29 is 23.2 Å². The monoisotopic (exact) mass is 222 g/mol. The van der Waals surface area contributed by atoms with E-state index in [9.17, 15) is 13.2 Å². The van der Waals surface area contributed by atoms with Crippen LogP contribution >= 0.6 is 0 Å². The molecule has 1 rings (SSSR count). The van der Waals surface area contributed by atoms with Gasteiger partial charge in [0.25, 0.3) is 0 Å². The first-order chi connectivity index (χ1) is 6.38. The normalized spacial score (nSPS) is 21.5. The van der Waals surface area contributed by atoms with Crippen LogP contribution in [0.1, 0.15) is 6.42 Å². The summed E-state index contributed by atoms with van der Waals surface area (Å²) in [6.45, 7) is -0.0113. The third-order valence-electron chi connectivity index (χ3n) is 1.54. The Hall–Kier alpha value is -1.15. The van der Waals surface area contributed by atoms with E-state index in [4.69, 9.17) is 5.11 Å². The minimum atomic E-state index is -3.28. The number of rotatable bonds is 4. The first-order valence-corrected chi connectivity index (χ1v) is 5.66. The van der Waals surface area contributed by atoms with Gasteiger partial charge in [-0.1, -0.05) is 5.16 Å². The zero-order valence-corrected chi connectivity index (χ0v) is 8.24. The first-order valence-electron chi connectivity index (χ1n) is 3.77. The van der Waals surface area contributed by atoms with Crippen LogP contribution in [0.3, 0.4) is 0 Å². The first kappa shape index (κ1) is 10.9. The van der Waals surface area contributed by atoms with E-state index in [1.54, 1.807) is 0 Å². The molecule has 1 atom stereocenters. The highest BCUT2D eigenvalue weighted by Crippen LogP contribution is 2.09. The van der Waals surface area contributed by atoms with Crippen LogP contribution in [0.25, 0.3) is 0 Å². The molecule has 0 saturated heterocycles. The number of aliphatic carboxylic acids is 1. The predicted octanol–water partition coefficient (Wildman–Crippen LogP) is -1.23. The van der Waals surface area contributed by atoms with Gasteiger partial charge >= 0.3 is 5.97 Å². The lowest BCUT2D eigenvalue weighted by molar-refractivity contribution is -0.148. The number of hydrogen-bond donors (Lipinski definition) is 2. The van der Waals surface area contributed by atoms with Crippen molar-refractivity contribution in [1.82, 2.24) is 4.72 Å². The Morgan fingerprint density at radius 1 is 1.79 bits per heavy atom. The van der Waals surface area contributed by atoms with Gasteiger partial charge in [-0.2, -0.15) is 0 Å². The lowest BCUT2D eigenvalue weighted by atomic mass is 10.2. The topological polar surface area (TPSA) is 105 Å². The molecule has 0 radical (unpaired) electrons. The summed E-state index contributed by atoms with van der Waals surface area (Å²) in [7, 11) is -3.28. The summed E-state index contributed by atoms with van der Waals surface area (Å²) in [6, 6.07) is 0. The standard InChI is InChI=1S/C6H10N2O5S/c1-14(11,12)7-3-4-2-5(6(9)10)13-8-4/h5,7H,2-3H2,1H3,(H,9,10). The molecular weight excluding hydrogens is 212 g/mol. The highest BCUT2D eigenvalue weighted by molar-refractivity contribution is 7.88. The summed E-state index contributed by atoms with van der Waals surface area (Å²) in [5.41, 5.74) is 0.378. The molecule has 1 heterocycles. The lowest BCUT2D eigenvalue weighted by Gasteiger charge is -2.00. The van der Waals surface area contributed by atoms with Crippen LogP contribution in [0.5, 0.6) is 0 Å². The fourth-order valence-electron chi connectivity index (χ4n) is 0.878. The lowest BCUT2D eigenvalue weighted by Crippen LogP contribution is -2.29. The Morgan fingerprint density at radius 2 is 2.43 bits per heavy atom. The summed E-state index contributed by atoms with van der Waals surface area (Å²) >= 11 is 0. The van der Waals surface area contributed by atoms with Gasteiger partial charge in [0, 0.05) is 6.42 Å². The molecule has 0 aliphatic carbocycles. The Morgan fingerprint density at radius 3 is 2.86 bits per heavy atom. The third kappa shape index (κ3) is 3.30. The van der Waals surface area contributed by atoms with Gasteiger partial charge in [-0.15, -0.1) is 0 Å². The molecule has 0 fully saturated rings. The number of nitrogens with zero attached hydrogens (tertiary/aromatic N) is 1. The zero-order chi connectivity index (χ0) is 10.8. The Kier molecular flexibility index (Phi) is 3.06. The Balaban J connectivity index is 2.40. The van der Waals surface area contributed by atoms with E-state index in [0.717, 1.165) is 6.26 Å². The van der Waals surface area contributed by atoms with E-state index in [-0.39, 0.29) is 13.0 Å². The summed E-state index contributed by atoms with van der Waals surface area (Å²) in [4.78, 5) is 15.0. The maximum Gasteiger partial charge on any atom is 0.348 e. The molecule has 0 saturated carbocycles. The van der Waals surface area contributed by atoms with Crippen molar-refractivity contribution >= 4 is 21.7 Å². The SMILES string of the molecule is CS(=O)(=O)NCC1=NOC(C(=O)O)C1. The van der Waals surface area contributed by atoms with Crippen molar-refractivity contribution in [3.63, 3.8) is 0 Å². The zero-order valence-electron chi connectivity index (χ0n) is 7.43. The molecule has 80 valence electrons. The molecule has 0 aromatic heterocycles. The van der Waals surface area contributed by atoms with E-state index in [2.05, 4.69) is 14.7 Å². The quantitative estimate of drug-likeness (QED) is 0.619. The molecule has 2 N–H and O–H groups in total. The van der Waals surface area contributed by atoms with E-state index in [1.807, 2.05) is 0 Å². The van der Waals surface area contributed by atoms with Crippen LogP contribution in [0.15, 0.2) is 5.16 Å². The second-order valence-corrected chi connectivity index (χ2v) is 4.72. The molecule has 1 aliphatic rings. The van der Waals surface area contributed by atoms with E-state index in [0.29, 0.717) is 5.71 Å². The van der Waals surface area contributed by atoms with Gasteiger partial charge in [0.2, 0.25) is 16.1 Å². The predicted molar refractivity (Wildman–Crippen MR) is 47.4 cm³/mol. The van der Waals surface area contributed by atoms with Crippen molar-refractivity contribution in [1.29, 1.82) is 0 Å². The van der Waals surface area contributed by atoms with Gasteiger partial charge in [-0.3, -0.25) is 0 Å². The molecule has 0 aromatic rings. The molecule has 1 aliphatic heterocycles. The number of oxime groups is 1. The second kappa shape index (κ2) is 3.93.